The van der Waals surface area contributed by atoms with Crippen LogP contribution in [0.2, 0.25) is 5.15 Å². The second-order valence-corrected chi connectivity index (χ2v) is 11.0. The Morgan fingerprint density at radius 2 is 1.53 bits per heavy atom. The van der Waals surface area contributed by atoms with Gasteiger partial charge < -0.3 is 30.0 Å². The molecule has 0 unspecified atom stereocenters. The van der Waals surface area contributed by atoms with Crippen molar-refractivity contribution in [1.82, 2.24) is 10.3 Å². The summed E-state index contributed by atoms with van der Waals surface area (Å²) in [5.41, 5.74) is 1.46. The number of nitrogens with zero attached hydrogens (tertiary/aromatic N) is 1. The summed E-state index contributed by atoms with van der Waals surface area (Å²) in [5.74, 6) is 0.639. The van der Waals surface area contributed by atoms with Crippen molar-refractivity contribution in [2.24, 2.45) is 0 Å². The molecule has 5 rings (SSSR count). The lowest BCUT2D eigenvalue weighted by atomic mass is 9.92. The number of methoxy groups -OCH3 is 1. The van der Waals surface area contributed by atoms with Gasteiger partial charge >= 0.3 is 5.97 Å². The van der Waals surface area contributed by atoms with Gasteiger partial charge in [-0.2, -0.15) is 0 Å². The van der Waals surface area contributed by atoms with Crippen LogP contribution in [0.3, 0.4) is 0 Å². The molecular weight excluding hydrogens is 598 g/mol. The minimum atomic E-state index is -1.10. The highest BCUT2D eigenvalue weighted by Crippen LogP contribution is 2.28. The van der Waals surface area contributed by atoms with Crippen molar-refractivity contribution in [1.29, 1.82) is 0 Å². The predicted molar refractivity (Wildman–Crippen MR) is 169 cm³/mol. The van der Waals surface area contributed by atoms with Crippen molar-refractivity contribution in [3.8, 4) is 23.1 Å². The van der Waals surface area contributed by atoms with E-state index in [0.717, 1.165) is 37.0 Å². The number of anilines is 1. The molecule has 232 valence electrons. The summed E-state index contributed by atoms with van der Waals surface area (Å²) < 4.78 is 17.2. The number of carbonyl (C=O) groups excluding carboxylic acids is 2. The Morgan fingerprint density at radius 1 is 0.889 bits per heavy atom. The molecule has 2 amide bonds. The summed E-state index contributed by atoms with van der Waals surface area (Å²) >= 11 is 5.99. The van der Waals surface area contributed by atoms with Gasteiger partial charge in [0.25, 0.3) is 5.91 Å². The largest absolute Gasteiger partial charge is 0.490 e. The second-order valence-electron chi connectivity index (χ2n) is 10.6. The van der Waals surface area contributed by atoms with E-state index in [9.17, 15) is 19.5 Å². The monoisotopic (exact) mass is 629 g/mol. The Balaban J connectivity index is 1.06. The maximum absolute atomic E-state index is 12.7. The zero-order valence-electron chi connectivity index (χ0n) is 24.5. The highest BCUT2D eigenvalue weighted by atomic mass is 35.5. The molecule has 1 aromatic heterocycles. The Kier molecular flexibility index (Phi) is 10.2. The zero-order chi connectivity index (χ0) is 31.8. The number of para-hydroxylation sites is 1. The van der Waals surface area contributed by atoms with E-state index in [1.807, 2.05) is 24.3 Å². The number of nitrogens with one attached hydrogen (secondary N) is 2. The summed E-state index contributed by atoms with van der Waals surface area (Å²) in [4.78, 5) is 40.5. The molecule has 45 heavy (non-hydrogen) atoms. The van der Waals surface area contributed by atoms with E-state index in [1.54, 1.807) is 48.5 Å². The van der Waals surface area contributed by atoms with Gasteiger partial charge in [0, 0.05) is 17.7 Å². The maximum Gasteiger partial charge on any atom is 0.337 e. The lowest BCUT2D eigenvalue weighted by molar-refractivity contribution is -0.115. The number of hydrogen-bond donors (Lipinski definition) is 3. The number of ether oxygens (including phenoxy) is 3. The van der Waals surface area contributed by atoms with Gasteiger partial charge in [0.05, 0.1) is 30.9 Å². The Morgan fingerprint density at radius 3 is 2.20 bits per heavy atom. The number of rotatable bonds is 11. The normalized spacial score (nSPS) is 15.9. The summed E-state index contributed by atoms with van der Waals surface area (Å²) in [5, 5.41) is 15.2. The highest BCUT2D eigenvalue weighted by molar-refractivity contribution is 6.29. The number of carboxylic acid groups (broad SMARTS) is 1. The van der Waals surface area contributed by atoms with Crippen LogP contribution in [0.15, 0.2) is 84.9 Å². The molecule has 1 saturated carbocycles. The number of carboxylic acids is 1. The van der Waals surface area contributed by atoms with Crippen LogP contribution in [0.5, 0.6) is 23.1 Å². The first kappa shape index (κ1) is 31.3. The molecule has 4 aromatic rings. The number of halogens is 1. The molecule has 0 spiro atoms. The molecule has 0 bridgehead atoms. The van der Waals surface area contributed by atoms with Crippen molar-refractivity contribution in [3.05, 3.63) is 107 Å². The van der Waals surface area contributed by atoms with Crippen LogP contribution >= 0.6 is 11.6 Å². The molecule has 11 heteroatoms. The molecule has 1 aliphatic carbocycles. The van der Waals surface area contributed by atoms with Gasteiger partial charge in [-0.05, 0) is 85.8 Å². The van der Waals surface area contributed by atoms with E-state index in [1.165, 1.54) is 19.2 Å². The third-order valence-electron chi connectivity index (χ3n) is 7.33. The first-order chi connectivity index (χ1) is 21.7. The average Bonchev–Trinajstić information content (AvgIpc) is 3.03. The van der Waals surface area contributed by atoms with Crippen molar-refractivity contribution < 1.29 is 33.7 Å². The highest BCUT2D eigenvalue weighted by Gasteiger charge is 2.24. The molecule has 3 aromatic carbocycles. The minimum Gasteiger partial charge on any atom is -0.490 e. The van der Waals surface area contributed by atoms with Gasteiger partial charge in [0.1, 0.15) is 22.4 Å². The van der Waals surface area contributed by atoms with E-state index < -0.39 is 5.97 Å². The van der Waals surface area contributed by atoms with Crippen LogP contribution in [0.1, 0.15) is 52.0 Å². The Labute approximate surface area is 265 Å². The number of benzene rings is 3. The molecule has 0 aliphatic heterocycles. The smallest absolute Gasteiger partial charge is 0.337 e. The van der Waals surface area contributed by atoms with Crippen LogP contribution < -0.4 is 24.8 Å². The van der Waals surface area contributed by atoms with Crippen LogP contribution in [0, 0.1) is 0 Å². The third kappa shape index (κ3) is 8.73. The van der Waals surface area contributed by atoms with E-state index in [0.29, 0.717) is 22.9 Å². The molecule has 0 saturated heterocycles. The van der Waals surface area contributed by atoms with Gasteiger partial charge in [-0.25, -0.2) is 9.78 Å². The summed E-state index contributed by atoms with van der Waals surface area (Å²) in [6.45, 7) is 0. The molecule has 1 aliphatic rings. The topological polar surface area (TPSA) is 136 Å². The van der Waals surface area contributed by atoms with Crippen LogP contribution in [-0.4, -0.2) is 47.1 Å². The lowest BCUT2D eigenvalue weighted by Gasteiger charge is -2.29. The quantitative estimate of drug-likeness (QED) is 0.159. The predicted octanol–water partition coefficient (Wildman–Crippen LogP) is 6.54. The summed E-state index contributed by atoms with van der Waals surface area (Å²) in [6.07, 6.45) is 3.33. The fourth-order valence-electron chi connectivity index (χ4n) is 5.05. The van der Waals surface area contributed by atoms with Crippen molar-refractivity contribution in [3.63, 3.8) is 0 Å². The summed E-state index contributed by atoms with van der Waals surface area (Å²) in [7, 11) is 1.47. The number of hydrogen-bond acceptors (Lipinski definition) is 7. The number of carbonyl (C=O) groups is 3. The zero-order valence-corrected chi connectivity index (χ0v) is 25.3. The lowest BCUT2D eigenvalue weighted by Crippen LogP contribution is -2.39. The first-order valence-corrected chi connectivity index (χ1v) is 14.8. The number of aromatic nitrogens is 1. The maximum atomic E-state index is 12.7. The van der Waals surface area contributed by atoms with E-state index in [4.69, 9.17) is 25.8 Å². The van der Waals surface area contributed by atoms with Crippen molar-refractivity contribution in [2.45, 2.75) is 44.2 Å². The van der Waals surface area contributed by atoms with E-state index in [2.05, 4.69) is 15.6 Å². The number of amides is 2. The Hall–Kier alpha value is -5.09. The average molecular weight is 630 g/mol. The molecule has 3 N–H and O–H groups in total. The SMILES string of the molecule is COc1cc(C(=O)NC2CCC(Oc3ccc(Oc4ccc(CC(=O)Nc5ccccc5C(=O)O)cc4)cc3)CC2)cc(Cl)n1. The molecule has 10 nitrogen and oxygen atoms in total. The standard InChI is InChI=1S/C34H32ClN3O7/c1-43-32-20-22(19-30(35)38-32)33(40)36-23-8-12-25(13-9-23)45-27-16-14-26(15-17-27)44-24-10-6-21(7-11-24)18-31(39)37-29-5-3-2-4-28(29)34(41)42/h2-7,10-11,14-17,19-20,23,25H,8-9,12-13,18H2,1H3,(H,36,40)(H,37,39)(H,41,42). The van der Waals surface area contributed by atoms with Gasteiger partial charge in [-0.1, -0.05) is 35.9 Å². The second kappa shape index (κ2) is 14.6. The van der Waals surface area contributed by atoms with E-state index in [-0.39, 0.29) is 46.8 Å². The first-order valence-electron chi connectivity index (χ1n) is 14.4. The van der Waals surface area contributed by atoms with Gasteiger partial charge in [-0.15, -0.1) is 0 Å². The van der Waals surface area contributed by atoms with Crippen LogP contribution in [-0.2, 0) is 11.2 Å². The number of pyridine rings is 1. The minimum absolute atomic E-state index is 0.0366. The van der Waals surface area contributed by atoms with Gasteiger partial charge in [0.15, 0.2) is 0 Å². The molecule has 0 atom stereocenters. The molecular formula is C34H32ClN3O7. The molecule has 0 radical (unpaired) electrons. The molecule has 1 fully saturated rings. The van der Waals surface area contributed by atoms with E-state index >= 15 is 0 Å². The summed E-state index contributed by atoms with van der Waals surface area (Å²) in [6, 6.07) is 23.9. The fraction of sp³-hybridized carbons (Fsp3) is 0.235. The third-order valence-corrected chi connectivity index (χ3v) is 7.53. The van der Waals surface area contributed by atoms with Crippen molar-refractivity contribution >= 4 is 35.1 Å². The Bertz CT molecular complexity index is 1650. The van der Waals surface area contributed by atoms with Crippen LogP contribution in [0.4, 0.5) is 5.69 Å². The number of aromatic carboxylic acids is 1. The van der Waals surface area contributed by atoms with Crippen molar-refractivity contribution in [2.75, 3.05) is 12.4 Å². The fourth-order valence-corrected chi connectivity index (χ4v) is 5.25. The van der Waals surface area contributed by atoms with Crippen LogP contribution in [0.25, 0.3) is 0 Å². The van der Waals surface area contributed by atoms with Gasteiger partial charge in [0.2, 0.25) is 11.8 Å². The molecule has 1 heterocycles. The van der Waals surface area contributed by atoms with Gasteiger partial charge in [-0.3, -0.25) is 9.59 Å².